The Morgan fingerprint density at radius 2 is 1.76 bits per heavy atom. The summed E-state index contributed by atoms with van der Waals surface area (Å²) in [5.74, 6) is -0.206. The van der Waals surface area contributed by atoms with Crippen molar-refractivity contribution in [3.05, 3.63) is 88.4 Å². The second-order valence-electron chi connectivity index (χ2n) is 8.52. The number of carbonyl (C=O) groups excluding carboxylic acids is 1. The highest BCUT2D eigenvalue weighted by atomic mass is 19.4. The lowest BCUT2D eigenvalue weighted by Crippen LogP contribution is -2.25. The van der Waals surface area contributed by atoms with Gasteiger partial charge in [-0.15, -0.1) is 0 Å². The van der Waals surface area contributed by atoms with Crippen molar-refractivity contribution in [1.29, 1.82) is 0 Å². The van der Waals surface area contributed by atoms with Gasteiger partial charge < -0.3 is 9.88 Å². The van der Waals surface area contributed by atoms with Crippen LogP contribution in [0.15, 0.2) is 54.6 Å². The van der Waals surface area contributed by atoms with Gasteiger partial charge in [0.15, 0.2) is 5.69 Å². The van der Waals surface area contributed by atoms with Gasteiger partial charge in [0.2, 0.25) is 0 Å². The van der Waals surface area contributed by atoms with Crippen molar-refractivity contribution in [1.82, 2.24) is 19.7 Å². The van der Waals surface area contributed by atoms with Gasteiger partial charge in [-0.25, -0.2) is 0 Å². The Labute approximate surface area is 196 Å². The highest BCUT2D eigenvalue weighted by Gasteiger charge is 2.34. The number of amides is 1. The summed E-state index contributed by atoms with van der Waals surface area (Å²) in [7, 11) is 0. The number of rotatable bonds is 7. The topological polar surface area (TPSA) is 51.9 Å². The van der Waals surface area contributed by atoms with E-state index in [0.717, 1.165) is 34.8 Å². The molecule has 0 bridgehead atoms. The number of alkyl halides is 3. The molecule has 0 fully saturated rings. The van der Waals surface area contributed by atoms with Crippen LogP contribution in [0.2, 0.25) is 0 Å². The highest BCUT2D eigenvalue weighted by molar-refractivity contribution is 5.99. The summed E-state index contributed by atoms with van der Waals surface area (Å²) in [4.78, 5) is 12.7. The van der Waals surface area contributed by atoms with E-state index in [1.165, 1.54) is 10.2 Å². The maximum absolute atomic E-state index is 12.8. The van der Waals surface area contributed by atoms with Crippen LogP contribution in [0, 0.1) is 20.8 Å². The second-order valence-corrected chi connectivity index (χ2v) is 8.52. The van der Waals surface area contributed by atoms with Crippen LogP contribution < -0.4 is 5.32 Å². The van der Waals surface area contributed by atoms with Gasteiger partial charge in [0.05, 0.1) is 0 Å². The Hall–Kier alpha value is -3.55. The molecular weight excluding hydrogens is 441 g/mol. The molecule has 0 saturated heterocycles. The van der Waals surface area contributed by atoms with E-state index in [9.17, 15) is 18.0 Å². The van der Waals surface area contributed by atoms with Crippen LogP contribution in [0.1, 0.15) is 45.0 Å². The van der Waals surface area contributed by atoms with E-state index in [4.69, 9.17) is 0 Å². The molecule has 34 heavy (non-hydrogen) atoms. The molecule has 0 saturated carbocycles. The normalized spacial score (nSPS) is 11.8. The van der Waals surface area contributed by atoms with Crippen LogP contribution in [-0.2, 0) is 19.3 Å². The van der Waals surface area contributed by atoms with E-state index in [2.05, 4.69) is 41.0 Å². The highest BCUT2D eigenvalue weighted by Crippen LogP contribution is 2.29. The van der Waals surface area contributed by atoms with Crippen molar-refractivity contribution in [2.75, 3.05) is 6.54 Å². The van der Waals surface area contributed by atoms with E-state index >= 15 is 0 Å². The van der Waals surface area contributed by atoms with Crippen molar-refractivity contribution >= 4 is 16.8 Å². The molecule has 0 unspecified atom stereocenters. The molecule has 2 heterocycles. The number of aromatic nitrogens is 3. The summed E-state index contributed by atoms with van der Waals surface area (Å²) in [5, 5.41) is 7.51. The number of hydrogen-bond donors (Lipinski definition) is 1. The molecule has 0 spiro atoms. The lowest BCUT2D eigenvalue weighted by molar-refractivity contribution is -0.141. The Morgan fingerprint density at radius 1 is 1.03 bits per heavy atom. The standard InChI is InChI=1S/C26H27F3N4O/c1-17-14-24(26(27,28)29)31-33(17)13-7-12-30-25(34)21-10-11-23-22(15-21)18(2)19(3)32(23)16-20-8-5-4-6-9-20/h4-6,8-11,14-15H,7,12-13,16H2,1-3H3,(H,30,34). The monoisotopic (exact) mass is 468 g/mol. The third-order valence-corrected chi connectivity index (χ3v) is 6.19. The van der Waals surface area contributed by atoms with Gasteiger partial charge in [-0.1, -0.05) is 30.3 Å². The van der Waals surface area contributed by atoms with Crippen molar-refractivity contribution in [2.24, 2.45) is 0 Å². The van der Waals surface area contributed by atoms with Crippen LogP contribution in [0.5, 0.6) is 0 Å². The van der Waals surface area contributed by atoms with Crippen molar-refractivity contribution in [3.63, 3.8) is 0 Å². The molecule has 4 rings (SSSR count). The molecule has 0 aliphatic carbocycles. The average molecular weight is 469 g/mol. The number of aryl methyl sites for hydroxylation is 3. The molecule has 0 aliphatic heterocycles. The third-order valence-electron chi connectivity index (χ3n) is 6.19. The first-order valence-electron chi connectivity index (χ1n) is 11.2. The lowest BCUT2D eigenvalue weighted by Gasteiger charge is -2.10. The van der Waals surface area contributed by atoms with E-state index in [-0.39, 0.29) is 5.91 Å². The summed E-state index contributed by atoms with van der Waals surface area (Å²) in [6.45, 7) is 7.12. The van der Waals surface area contributed by atoms with Gasteiger partial charge in [-0.05, 0) is 62.6 Å². The SMILES string of the molecule is Cc1c(C)n(Cc2ccccc2)c2ccc(C(=O)NCCCn3nc(C(F)(F)F)cc3C)cc12. The zero-order valence-electron chi connectivity index (χ0n) is 19.4. The van der Waals surface area contributed by atoms with Crippen LogP contribution in [-0.4, -0.2) is 26.8 Å². The number of halogens is 3. The molecule has 2 aromatic carbocycles. The minimum atomic E-state index is -4.46. The number of benzene rings is 2. The predicted molar refractivity (Wildman–Crippen MR) is 126 cm³/mol. The molecule has 4 aromatic rings. The van der Waals surface area contributed by atoms with Gasteiger partial charge in [0, 0.05) is 47.5 Å². The second kappa shape index (κ2) is 9.37. The Bertz CT molecular complexity index is 1320. The molecule has 5 nitrogen and oxygen atoms in total. The number of hydrogen-bond acceptors (Lipinski definition) is 2. The first-order valence-corrected chi connectivity index (χ1v) is 11.2. The summed E-state index contributed by atoms with van der Waals surface area (Å²) >= 11 is 0. The fourth-order valence-electron chi connectivity index (χ4n) is 4.17. The fraction of sp³-hybridized carbons (Fsp3) is 0.308. The van der Waals surface area contributed by atoms with Crippen LogP contribution in [0.25, 0.3) is 10.9 Å². The summed E-state index contributed by atoms with van der Waals surface area (Å²) in [6.07, 6.45) is -3.99. The molecule has 8 heteroatoms. The maximum atomic E-state index is 12.8. The molecule has 1 N–H and O–H groups in total. The summed E-state index contributed by atoms with van der Waals surface area (Å²) in [6, 6.07) is 16.9. The first-order chi connectivity index (χ1) is 16.1. The van der Waals surface area contributed by atoms with E-state index in [0.29, 0.717) is 30.8 Å². The third kappa shape index (κ3) is 4.85. The fourth-order valence-corrected chi connectivity index (χ4v) is 4.17. The molecule has 2 aromatic heterocycles. The van der Waals surface area contributed by atoms with E-state index < -0.39 is 11.9 Å². The van der Waals surface area contributed by atoms with Crippen molar-refractivity contribution < 1.29 is 18.0 Å². The Balaban J connectivity index is 1.41. The zero-order chi connectivity index (χ0) is 24.5. The van der Waals surface area contributed by atoms with E-state index in [1.807, 2.05) is 36.4 Å². The van der Waals surface area contributed by atoms with Gasteiger partial charge in [0.25, 0.3) is 5.91 Å². The summed E-state index contributed by atoms with van der Waals surface area (Å²) < 4.78 is 42.0. The number of carbonyl (C=O) groups is 1. The summed E-state index contributed by atoms with van der Waals surface area (Å²) in [5.41, 5.74) is 4.67. The van der Waals surface area contributed by atoms with Crippen LogP contribution >= 0.6 is 0 Å². The van der Waals surface area contributed by atoms with Gasteiger partial charge >= 0.3 is 6.18 Å². The van der Waals surface area contributed by atoms with Gasteiger partial charge in [-0.2, -0.15) is 18.3 Å². The first kappa shape index (κ1) is 23.6. The van der Waals surface area contributed by atoms with Crippen molar-refractivity contribution in [3.8, 4) is 0 Å². The Kier molecular flexibility index (Phi) is 6.50. The molecule has 0 atom stereocenters. The molecule has 178 valence electrons. The van der Waals surface area contributed by atoms with Gasteiger partial charge in [0.1, 0.15) is 0 Å². The van der Waals surface area contributed by atoms with Gasteiger partial charge in [-0.3, -0.25) is 9.48 Å². The number of nitrogens with one attached hydrogen (secondary N) is 1. The predicted octanol–water partition coefficient (Wildman–Crippen LogP) is 5.65. The Morgan fingerprint density at radius 3 is 2.44 bits per heavy atom. The average Bonchev–Trinajstić information content (AvgIpc) is 3.30. The minimum absolute atomic E-state index is 0.206. The molecular formula is C26H27F3N4O. The number of nitrogens with zero attached hydrogens (tertiary/aromatic N) is 3. The molecule has 0 aliphatic rings. The maximum Gasteiger partial charge on any atom is 0.435 e. The van der Waals surface area contributed by atoms with Crippen LogP contribution in [0.3, 0.4) is 0 Å². The van der Waals surface area contributed by atoms with Crippen molar-refractivity contribution in [2.45, 2.75) is 46.5 Å². The zero-order valence-corrected chi connectivity index (χ0v) is 19.4. The quantitative estimate of drug-likeness (QED) is 0.357. The largest absolute Gasteiger partial charge is 0.435 e. The lowest BCUT2D eigenvalue weighted by atomic mass is 10.1. The smallest absolute Gasteiger partial charge is 0.352 e. The number of fused-ring (bicyclic) bond motifs is 1. The minimum Gasteiger partial charge on any atom is -0.352 e. The van der Waals surface area contributed by atoms with Crippen LogP contribution in [0.4, 0.5) is 13.2 Å². The van der Waals surface area contributed by atoms with E-state index in [1.54, 1.807) is 6.92 Å². The molecule has 1 amide bonds. The molecule has 0 radical (unpaired) electrons.